The number of nitrogens with one attached hydrogen (secondary N) is 2. The lowest BCUT2D eigenvalue weighted by Crippen LogP contribution is -2.44. The number of carbonyl (C=O) groups excluding carboxylic acids is 2. The predicted octanol–water partition coefficient (Wildman–Crippen LogP) is 1.83. The zero-order valence-corrected chi connectivity index (χ0v) is 14.9. The van der Waals surface area contributed by atoms with Crippen molar-refractivity contribution in [1.29, 1.82) is 0 Å². The molecular weight excluding hydrogens is 322 g/mol. The van der Waals surface area contributed by atoms with Gasteiger partial charge in [0.2, 0.25) is 5.91 Å². The summed E-state index contributed by atoms with van der Waals surface area (Å²) in [6.07, 6.45) is 0.351. The molecule has 0 radical (unpaired) electrons. The minimum Gasteiger partial charge on any atom is -0.486 e. The molecule has 0 bridgehead atoms. The highest BCUT2D eigenvalue weighted by Gasteiger charge is 2.32. The highest BCUT2D eigenvalue weighted by Crippen LogP contribution is 2.32. The Morgan fingerprint density at radius 1 is 1.20 bits per heavy atom. The molecular formula is C18H25N3O4. The van der Waals surface area contributed by atoms with Gasteiger partial charge in [0.1, 0.15) is 13.2 Å². The maximum Gasteiger partial charge on any atom is 0.315 e. The molecule has 0 saturated carbocycles. The highest BCUT2D eigenvalue weighted by molar-refractivity contribution is 5.82. The average molecular weight is 347 g/mol. The monoisotopic (exact) mass is 347 g/mol. The van der Waals surface area contributed by atoms with E-state index in [1.54, 1.807) is 4.90 Å². The molecule has 1 aromatic carbocycles. The molecule has 2 atom stereocenters. The quantitative estimate of drug-likeness (QED) is 0.871. The van der Waals surface area contributed by atoms with E-state index in [9.17, 15) is 9.59 Å². The Hall–Kier alpha value is -2.44. The van der Waals surface area contributed by atoms with Crippen molar-refractivity contribution in [3.05, 3.63) is 23.8 Å². The van der Waals surface area contributed by atoms with Gasteiger partial charge in [-0.1, -0.05) is 6.07 Å². The van der Waals surface area contributed by atoms with Crippen molar-refractivity contribution in [2.24, 2.45) is 0 Å². The van der Waals surface area contributed by atoms with Crippen LogP contribution in [0.3, 0.4) is 0 Å². The van der Waals surface area contributed by atoms with Gasteiger partial charge >= 0.3 is 6.03 Å². The van der Waals surface area contributed by atoms with Gasteiger partial charge in [-0.2, -0.15) is 0 Å². The summed E-state index contributed by atoms with van der Waals surface area (Å²) < 4.78 is 11.1. The molecule has 1 saturated heterocycles. The number of likely N-dealkylation sites (tertiary alicyclic amines) is 1. The molecule has 2 heterocycles. The summed E-state index contributed by atoms with van der Waals surface area (Å²) in [6, 6.07) is 5.20. The van der Waals surface area contributed by atoms with Gasteiger partial charge in [-0.15, -0.1) is 0 Å². The third-order valence-electron chi connectivity index (χ3n) is 4.53. The number of urea groups is 1. The summed E-state index contributed by atoms with van der Waals surface area (Å²) in [7, 11) is 0. The van der Waals surface area contributed by atoms with Crippen molar-refractivity contribution in [3.8, 4) is 11.5 Å². The smallest absolute Gasteiger partial charge is 0.315 e. The van der Waals surface area contributed by atoms with Crippen molar-refractivity contribution < 1.29 is 19.1 Å². The van der Waals surface area contributed by atoms with Gasteiger partial charge in [0, 0.05) is 19.0 Å². The van der Waals surface area contributed by atoms with Crippen LogP contribution in [0.4, 0.5) is 4.79 Å². The summed E-state index contributed by atoms with van der Waals surface area (Å²) in [5.74, 6) is 1.51. The predicted molar refractivity (Wildman–Crippen MR) is 92.8 cm³/mol. The molecule has 2 N–H and O–H groups in total. The Morgan fingerprint density at radius 3 is 2.60 bits per heavy atom. The Kier molecular flexibility index (Phi) is 5.01. The summed E-state index contributed by atoms with van der Waals surface area (Å²) in [5, 5.41) is 5.80. The Morgan fingerprint density at radius 2 is 1.92 bits per heavy atom. The molecule has 0 aliphatic carbocycles. The van der Waals surface area contributed by atoms with Crippen molar-refractivity contribution in [3.63, 3.8) is 0 Å². The van der Waals surface area contributed by atoms with E-state index in [1.165, 1.54) is 0 Å². The maximum absolute atomic E-state index is 12.2. The standard InChI is InChI=1S/C18H25N3O4/c1-11(2)21-10-14(9-17(21)22)20-18(23)19-12(3)13-4-5-15-16(8-13)25-7-6-24-15/h4-5,8,11-12,14H,6-7,9-10H2,1-3H3,(H2,19,20,23)/t12-,14+/m0/s1. The first kappa shape index (κ1) is 17.4. The molecule has 2 aliphatic heterocycles. The zero-order chi connectivity index (χ0) is 18.0. The van der Waals surface area contributed by atoms with Gasteiger partial charge in [-0.25, -0.2) is 4.79 Å². The van der Waals surface area contributed by atoms with Crippen LogP contribution in [0.25, 0.3) is 0 Å². The normalized spacial score (nSPS) is 20.6. The Balaban J connectivity index is 1.55. The van der Waals surface area contributed by atoms with Gasteiger partial charge < -0.3 is 25.0 Å². The largest absolute Gasteiger partial charge is 0.486 e. The summed E-state index contributed by atoms with van der Waals surface area (Å²) in [5.41, 5.74) is 0.936. The first-order valence-electron chi connectivity index (χ1n) is 8.70. The lowest BCUT2D eigenvalue weighted by atomic mass is 10.1. The van der Waals surface area contributed by atoms with Crippen LogP contribution in [0.1, 0.15) is 38.8 Å². The second-order valence-electron chi connectivity index (χ2n) is 6.78. The van der Waals surface area contributed by atoms with E-state index in [0.29, 0.717) is 31.9 Å². The molecule has 0 spiro atoms. The van der Waals surface area contributed by atoms with E-state index in [0.717, 1.165) is 11.3 Å². The van der Waals surface area contributed by atoms with Crippen LogP contribution in [0, 0.1) is 0 Å². The molecule has 7 nitrogen and oxygen atoms in total. The summed E-state index contributed by atoms with van der Waals surface area (Å²) in [4.78, 5) is 25.9. The number of benzene rings is 1. The number of carbonyl (C=O) groups is 2. The molecule has 0 unspecified atom stereocenters. The van der Waals surface area contributed by atoms with Crippen molar-refractivity contribution in [1.82, 2.24) is 15.5 Å². The van der Waals surface area contributed by atoms with E-state index in [-0.39, 0.29) is 30.1 Å². The van der Waals surface area contributed by atoms with E-state index in [1.807, 2.05) is 39.0 Å². The third kappa shape index (κ3) is 3.97. The number of fused-ring (bicyclic) bond motifs is 1. The summed E-state index contributed by atoms with van der Waals surface area (Å²) >= 11 is 0. The lowest BCUT2D eigenvalue weighted by Gasteiger charge is -2.22. The fourth-order valence-electron chi connectivity index (χ4n) is 3.16. The fraction of sp³-hybridized carbons (Fsp3) is 0.556. The van der Waals surface area contributed by atoms with Gasteiger partial charge in [0.05, 0.1) is 12.1 Å². The second kappa shape index (κ2) is 7.21. The van der Waals surface area contributed by atoms with E-state index in [2.05, 4.69) is 10.6 Å². The van der Waals surface area contributed by atoms with E-state index < -0.39 is 0 Å². The van der Waals surface area contributed by atoms with Gasteiger partial charge in [-0.05, 0) is 38.5 Å². The number of nitrogens with zero attached hydrogens (tertiary/aromatic N) is 1. The van der Waals surface area contributed by atoms with E-state index in [4.69, 9.17) is 9.47 Å². The van der Waals surface area contributed by atoms with Crippen LogP contribution < -0.4 is 20.1 Å². The number of rotatable bonds is 4. The average Bonchev–Trinajstić information content (AvgIpc) is 2.94. The molecule has 1 fully saturated rings. The van der Waals surface area contributed by atoms with Crippen LogP contribution >= 0.6 is 0 Å². The molecule has 1 aromatic rings. The summed E-state index contributed by atoms with van der Waals surface area (Å²) in [6.45, 7) is 7.50. The highest BCUT2D eigenvalue weighted by atomic mass is 16.6. The third-order valence-corrected chi connectivity index (χ3v) is 4.53. The van der Waals surface area contributed by atoms with Crippen LogP contribution in [-0.4, -0.2) is 48.7 Å². The van der Waals surface area contributed by atoms with Crippen LogP contribution in [0.15, 0.2) is 18.2 Å². The molecule has 136 valence electrons. The molecule has 3 amide bonds. The number of hydrogen-bond acceptors (Lipinski definition) is 4. The van der Waals surface area contributed by atoms with Crippen LogP contribution in [0.5, 0.6) is 11.5 Å². The van der Waals surface area contributed by atoms with Crippen molar-refractivity contribution in [2.75, 3.05) is 19.8 Å². The molecule has 2 aliphatic rings. The van der Waals surface area contributed by atoms with Crippen LogP contribution in [-0.2, 0) is 4.79 Å². The van der Waals surface area contributed by atoms with Gasteiger partial charge in [0.25, 0.3) is 0 Å². The van der Waals surface area contributed by atoms with E-state index >= 15 is 0 Å². The first-order chi connectivity index (χ1) is 11.9. The van der Waals surface area contributed by atoms with Gasteiger partial charge in [-0.3, -0.25) is 4.79 Å². The number of ether oxygens (including phenoxy) is 2. The topological polar surface area (TPSA) is 79.9 Å². The second-order valence-corrected chi connectivity index (χ2v) is 6.78. The minimum atomic E-state index is -0.272. The van der Waals surface area contributed by atoms with Crippen molar-refractivity contribution >= 4 is 11.9 Å². The maximum atomic E-state index is 12.2. The minimum absolute atomic E-state index is 0.0835. The first-order valence-corrected chi connectivity index (χ1v) is 8.70. The molecule has 0 aromatic heterocycles. The fourth-order valence-corrected chi connectivity index (χ4v) is 3.16. The lowest BCUT2D eigenvalue weighted by molar-refractivity contribution is -0.129. The number of amides is 3. The SMILES string of the molecule is CC(C)N1C[C@H](NC(=O)N[C@@H](C)c2ccc3c(c2)OCCO3)CC1=O. The van der Waals surface area contributed by atoms with Crippen molar-refractivity contribution in [2.45, 2.75) is 45.3 Å². The molecule has 3 rings (SSSR count). The molecule has 25 heavy (non-hydrogen) atoms. The Bertz CT molecular complexity index is 662. The zero-order valence-electron chi connectivity index (χ0n) is 14.9. The van der Waals surface area contributed by atoms with Gasteiger partial charge in [0.15, 0.2) is 11.5 Å². The Labute approximate surface area is 147 Å². The molecule has 7 heteroatoms. The van der Waals surface area contributed by atoms with Crippen LogP contribution in [0.2, 0.25) is 0 Å². The number of hydrogen-bond donors (Lipinski definition) is 2.